The number of hydrogen-bond acceptors (Lipinski definition) is 6. The van der Waals surface area contributed by atoms with Gasteiger partial charge in [-0.15, -0.1) is 0 Å². The fourth-order valence-electron chi connectivity index (χ4n) is 1.81. The average Bonchev–Trinajstić information content (AvgIpc) is 2.92. The lowest BCUT2D eigenvalue weighted by Crippen LogP contribution is -2.02. The van der Waals surface area contributed by atoms with Gasteiger partial charge < -0.3 is 19.1 Å². The molecule has 0 amide bonds. The third kappa shape index (κ3) is 3.27. The first-order chi connectivity index (χ1) is 9.78. The van der Waals surface area contributed by atoms with Crippen LogP contribution in [0.25, 0.3) is 0 Å². The molecule has 1 N–H and O–H groups in total. The van der Waals surface area contributed by atoms with Gasteiger partial charge >= 0.3 is 0 Å². The monoisotopic (exact) mass is 278 g/mol. The van der Waals surface area contributed by atoms with E-state index in [0.29, 0.717) is 28.8 Å². The van der Waals surface area contributed by atoms with Crippen LogP contribution < -0.4 is 9.47 Å². The number of methoxy groups -OCH3 is 1. The van der Waals surface area contributed by atoms with Gasteiger partial charge in [0.25, 0.3) is 0 Å². The zero-order chi connectivity index (χ0) is 14.4. The SMILES string of the molecule is CCCc1nc(COc2c(CO)cccc2OC)no1. The Bertz CT molecular complexity index is 532. The summed E-state index contributed by atoms with van der Waals surface area (Å²) in [5.41, 5.74) is 0.654. The van der Waals surface area contributed by atoms with Gasteiger partial charge in [0.05, 0.1) is 13.7 Å². The second-order valence-corrected chi connectivity index (χ2v) is 4.25. The summed E-state index contributed by atoms with van der Waals surface area (Å²) in [5.74, 6) is 2.14. The lowest BCUT2D eigenvalue weighted by atomic mass is 10.2. The van der Waals surface area contributed by atoms with Gasteiger partial charge in [-0.1, -0.05) is 24.2 Å². The topological polar surface area (TPSA) is 77.6 Å². The maximum absolute atomic E-state index is 9.32. The standard InChI is InChI=1S/C14H18N2O4/c1-3-5-13-15-12(16-20-13)9-19-14-10(8-17)6-4-7-11(14)18-2/h4,6-7,17H,3,5,8-9H2,1-2H3. The molecule has 108 valence electrons. The van der Waals surface area contributed by atoms with Crippen molar-refractivity contribution in [3.63, 3.8) is 0 Å². The van der Waals surface area contributed by atoms with Crippen LogP contribution in [0.1, 0.15) is 30.6 Å². The first-order valence-corrected chi connectivity index (χ1v) is 6.49. The fourth-order valence-corrected chi connectivity index (χ4v) is 1.81. The lowest BCUT2D eigenvalue weighted by Gasteiger charge is -2.12. The maximum Gasteiger partial charge on any atom is 0.226 e. The number of benzene rings is 1. The van der Waals surface area contributed by atoms with E-state index in [1.807, 2.05) is 6.92 Å². The minimum atomic E-state index is -0.125. The zero-order valence-corrected chi connectivity index (χ0v) is 11.6. The molecule has 1 heterocycles. The molecule has 0 saturated heterocycles. The number of aromatic nitrogens is 2. The average molecular weight is 278 g/mol. The van der Waals surface area contributed by atoms with Gasteiger partial charge in [-0.05, 0) is 12.5 Å². The molecule has 0 unspecified atom stereocenters. The fraction of sp³-hybridized carbons (Fsp3) is 0.429. The summed E-state index contributed by atoms with van der Waals surface area (Å²) in [6.45, 7) is 2.09. The van der Waals surface area contributed by atoms with E-state index in [2.05, 4.69) is 10.1 Å². The molecule has 0 fully saturated rings. The Labute approximate surface area is 117 Å². The molecule has 0 saturated carbocycles. The van der Waals surface area contributed by atoms with Gasteiger partial charge in [0, 0.05) is 12.0 Å². The smallest absolute Gasteiger partial charge is 0.226 e. The van der Waals surface area contributed by atoms with Crippen molar-refractivity contribution in [1.82, 2.24) is 10.1 Å². The second kappa shape index (κ2) is 6.91. The third-order valence-corrected chi connectivity index (χ3v) is 2.77. The molecule has 0 spiro atoms. The van der Waals surface area contributed by atoms with Crippen LogP contribution in [0.5, 0.6) is 11.5 Å². The van der Waals surface area contributed by atoms with Crippen molar-refractivity contribution in [1.29, 1.82) is 0 Å². The van der Waals surface area contributed by atoms with Crippen LogP contribution in [0.2, 0.25) is 0 Å². The van der Waals surface area contributed by atoms with Crippen molar-refractivity contribution < 1.29 is 19.1 Å². The summed E-state index contributed by atoms with van der Waals surface area (Å²) in [7, 11) is 1.55. The van der Waals surface area contributed by atoms with Gasteiger partial charge in [-0.3, -0.25) is 0 Å². The van der Waals surface area contributed by atoms with Crippen LogP contribution in [-0.2, 0) is 19.6 Å². The Morgan fingerprint density at radius 3 is 2.90 bits per heavy atom. The molecule has 1 aromatic heterocycles. The number of para-hydroxylation sites is 1. The van der Waals surface area contributed by atoms with Crippen molar-refractivity contribution in [2.45, 2.75) is 33.0 Å². The zero-order valence-electron chi connectivity index (χ0n) is 11.6. The van der Waals surface area contributed by atoms with E-state index < -0.39 is 0 Å². The van der Waals surface area contributed by atoms with Crippen LogP contribution in [0, 0.1) is 0 Å². The molecule has 0 aliphatic heterocycles. The molecular formula is C14H18N2O4. The predicted molar refractivity (Wildman–Crippen MR) is 71.5 cm³/mol. The minimum absolute atomic E-state index is 0.125. The molecule has 6 heteroatoms. The Kier molecular flexibility index (Phi) is 4.95. The normalized spacial score (nSPS) is 10.6. The highest BCUT2D eigenvalue weighted by Crippen LogP contribution is 2.31. The molecule has 0 aliphatic rings. The molecule has 1 aromatic carbocycles. The highest BCUT2D eigenvalue weighted by molar-refractivity contribution is 5.46. The summed E-state index contributed by atoms with van der Waals surface area (Å²) in [6, 6.07) is 5.34. The minimum Gasteiger partial charge on any atom is -0.493 e. The van der Waals surface area contributed by atoms with Gasteiger partial charge in [0.2, 0.25) is 11.7 Å². The number of aliphatic hydroxyl groups is 1. The summed E-state index contributed by atoms with van der Waals surface area (Å²) in [5, 5.41) is 13.2. The molecule has 2 aromatic rings. The Morgan fingerprint density at radius 2 is 2.20 bits per heavy atom. The molecule has 6 nitrogen and oxygen atoms in total. The largest absolute Gasteiger partial charge is 0.493 e. The molecule has 2 rings (SSSR count). The summed E-state index contributed by atoms with van der Waals surface area (Å²) in [6.07, 6.45) is 1.70. The molecule has 0 bridgehead atoms. The second-order valence-electron chi connectivity index (χ2n) is 4.25. The third-order valence-electron chi connectivity index (χ3n) is 2.77. The molecule has 0 radical (unpaired) electrons. The van der Waals surface area contributed by atoms with Gasteiger partial charge in [-0.2, -0.15) is 4.98 Å². The molecule has 0 atom stereocenters. The van der Waals surface area contributed by atoms with Crippen LogP contribution in [0.15, 0.2) is 22.7 Å². The van der Waals surface area contributed by atoms with Gasteiger partial charge in [0.1, 0.15) is 0 Å². The van der Waals surface area contributed by atoms with Crippen molar-refractivity contribution in [3.8, 4) is 11.5 Å². The van der Waals surface area contributed by atoms with Crippen molar-refractivity contribution in [2.75, 3.05) is 7.11 Å². The van der Waals surface area contributed by atoms with Crippen LogP contribution in [0.3, 0.4) is 0 Å². The highest BCUT2D eigenvalue weighted by atomic mass is 16.5. The van der Waals surface area contributed by atoms with Crippen molar-refractivity contribution >= 4 is 0 Å². The number of aliphatic hydroxyl groups excluding tert-OH is 1. The summed E-state index contributed by atoms with van der Waals surface area (Å²) in [4.78, 5) is 4.22. The molecule has 20 heavy (non-hydrogen) atoms. The van der Waals surface area contributed by atoms with Crippen molar-refractivity contribution in [3.05, 3.63) is 35.5 Å². The number of rotatable bonds is 7. The Morgan fingerprint density at radius 1 is 1.35 bits per heavy atom. The number of hydrogen-bond donors (Lipinski definition) is 1. The van der Waals surface area contributed by atoms with E-state index in [1.165, 1.54) is 0 Å². The number of aryl methyl sites for hydroxylation is 1. The van der Waals surface area contributed by atoms with Gasteiger partial charge in [0.15, 0.2) is 18.1 Å². The Hall–Kier alpha value is -2.08. The van der Waals surface area contributed by atoms with Crippen LogP contribution >= 0.6 is 0 Å². The van der Waals surface area contributed by atoms with Crippen LogP contribution in [-0.4, -0.2) is 22.4 Å². The maximum atomic E-state index is 9.32. The van der Waals surface area contributed by atoms with E-state index >= 15 is 0 Å². The summed E-state index contributed by atoms with van der Waals surface area (Å²) < 4.78 is 16.0. The van der Waals surface area contributed by atoms with Gasteiger partial charge in [-0.25, -0.2) is 0 Å². The lowest BCUT2D eigenvalue weighted by molar-refractivity contribution is 0.243. The summed E-state index contributed by atoms with van der Waals surface area (Å²) >= 11 is 0. The van der Waals surface area contributed by atoms with E-state index in [4.69, 9.17) is 14.0 Å². The first kappa shape index (κ1) is 14.3. The van der Waals surface area contributed by atoms with E-state index in [9.17, 15) is 5.11 Å². The first-order valence-electron chi connectivity index (χ1n) is 6.49. The van der Waals surface area contributed by atoms with Crippen molar-refractivity contribution in [2.24, 2.45) is 0 Å². The van der Waals surface area contributed by atoms with E-state index in [0.717, 1.165) is 12.8 Å². The predicted octanol–water partition coefficient (Wildman–Crippen LogP) is 2.10. The quantitative estimate of drug-likeness (QED) is 0.835. The molecule has 0 aliphatic carbocycles. The number of ether oxygens (including phenoxy) is 2. The highest BCUT2D eigenvalue weighted by Gasteiger charge is 2.12. The molecular weight excluding hydrogens is 260 g/mol. The van der Waals surface area contributed by atoms with E-state index in [1.54, 1.807) is 25.3 Å². The Balaban J connectivity index is 2.09. The number of nitrogens with zero attached hydrogens (tertiary/aromatic N) is 2. The van der Waals surface area contributed by atoms with Crippen LogP contribution in [0.4, 0.5) is 0 Å². The van der Waals surface area contributed by atoms with E-state index in [-0.39, 0.29) is 13.2 Å².